The number of benzene rings is 1. The molecule has 0 radical (unpaired) electrons. The van der Waals surface area contributed by atoms with Crippen molar-refractivity contribution in [2.45, 2.75) is 13.0 Å². The zero-order valence-corrected chi connectivity index (χ0v) is 9.09. The molecule has 0 aliphatic carbocycles. The van der Waals surface area contributed by atoms with Crippen molar-refractivity contribution in [3.8, 4) is 0 Å². The zero-order chi connectivity index (χ0) is 9.97. The van der Waals surface area contributed by atoms with Gasteiger partial charge in [-0.3, -0.25) is 0 Å². The minimum atomic E-state index is 0.517. The topological polar surface area (TPSA) is 15.3 Å². The number of para-hydroxylation sites is 1. The number of anilines is 1. The molecule has 2 nitrogen and oxygen atoms in total. The van der Waals surface area contributed by atoms with Crippen LogP contribution in [0.25, 0.3) is 0 Å². The second kappa shape index (κ2) is 4.20. The SMILES string of the molecule is C[C@H]1CNCCN1c1ccccc1Cl. The van der Waals surface area contributed by atoms with Crippen molar-refractivity contribution >= 4 is 17.3 Å². The lowest BCUT2D eigenvalue weighted by Gasteiger charge is -2.36. The predicted octanol–water partition coefficient (Wildman–Crippen LogP) is 2.14. The van der Waals surface area contributed by atoms with Crippen LogP contribution >= 0.6 is 11.6 Å². The van der Waals surface area contributed by atoms with Gasteiger partial charge in [-0.1, -0.05) is 23.7 Å². The Morgan fingerprint density at radius 2 is 2.21 bits per heavy atom. The molecule has 1 aromatic rings. The Hall–Kier alpha value is -0.730. The van der Waals surface area contributed by atoms with Crippen molar-refractivity contribution in [2.24, 2.45) is 0 Å². The number of piperazine rings is 1. The third kappa shape index (κ3) is 1.86. The van der Waals surface area contributed by atoms with Gasteiger partial charge in [0, 0.05) is 25.7 Å². The smallest absolute Gasteiger partial charge is 0.0639 e. The van der Waals surface area contributed by atoms with E-state index in [1.165, 1.54) is 0 Å². The number of nitrogens with one attached hydrogen (secondary N) is 1. The Kier molecular flexibility index (Phi) is 2.94. The van der Waals surface area contributed by atoms with Crippen LogP contribution in [0.5, 0.6) is 0 Å². The number of rotatable bonds is 1. The van der Waals surface area contributed by atoms with Gasteiger partial charge >= 0.3 is 0 Å². The summed E-state index contributed by atoms with van der Waals surface area (Å²) in [7, 11) is 0. The van der Waals surface area contributed by atoms with Crippen LogP contribution in [0.4, 0.5) is 5.69 Å². The summed E-state index contributed by atoms with van der Waals surface area (Å²) < 4.78 is 0. The monoisotopic (exact) mass is 210 g/mol. The summed E-state index contributed by atoms with van der Waals surface area (Å²) in [6, 6.07) is 8.56. The minimum Gasteiger partial charge on any atom is -0.365 e. The van der Waals surface area contributed by atoms with E-state index >= 15 is 0 Å². The maximum atomic E-state index is 6.16. The summed E-state index contributed by atoms with van der Waals surface area (Å²) in [5.41, 5.74) is 1.16. The van der Waals surface area contributed by atoms with E-state index in [9.17, 15) is 0 Å². The second-order valence-electron chi connectivity index (χ2n) is 3.70. The standard InChI is InChI=1S/C11H15ClN2/c1-9-8-13-6-7-14(9)11-5-3-2-4-10(11)12/h2-5,9,13H,6-8H2,1H3/t9-/m0/s1. The quantitative estimate of drug-likeness (QED) is 0.764. The second-order valence-corrected chi connectivity index (χ2v) is 4.11. The van der Waals surface area contributed by atoms with E-state index in [1.807, 2.05) is 18.2 Å². The van der Waals surface area contributed by atoms with Crippen LogP contribution in [-0.4, -0.2) is 25.7 Å². The van der Waals surface area contributed by atoms with Crippen LogP contribution in [0, 0.1) is 0 Å². The molecule has 1 aromatic carbocycles. The molecule has 1 fully saturated rings. The lowest BCUT2D eigenvalue weighted by atomic mass is 10.2. The molecule has 76 valence electrons. The summed E-state index contributed by atoms with van der Waals surface area (Å²) in [5, 5.41) is 4.22. The Labute approximate surface area is 89.9 Å². The highest BCUT2D eigenvalue weighted by molar-refractivity contribution is 6.33. The largest absolute Gasteiger partial charge is 0.365 e. The van der Waals surface area contributed by atoms with E-state index in [2.05, 4.69) is 23.2 Å². The highest BCUT2D eigenvalue weighted by Crippen LogP contribution is 2.27. The van der Waals surface area contributed by atoms with Crippen LogP contribution in [0.3, 0.4) is 0 Å². The molecule has 0 aromatic heterocycles. The van der Waals surface area contributed by atoms with E-state index in [0.717, 1.165) is 30.3 Å². The van der Waals surface area contributed by atoms with Crippen LogP contribution in [0.2, 0.25) is 5.02 Å². The lowest BCUT2D eigenvalue weighted by Crippen LogP contribution is -2.50. The molecular formula is C11H15ClN2. The van der Waals surface area contributed by atoms with Gasteiger partial charge in [-0.25, -0.2) is 0 Å². The van der Waals surface area contributed by atoms with Crippen LogP contribution in [0.15, 0.2) is 24.3 Å². The van der Waals surface area contributed by atoms with Gasteiger partial charge in [0.1, 0.15) is 0 Å². The summed E-state index contributed by atoms with van der Waals surface area (Å²) >= 11 is 6.16. The van der Waals surface area contributed by atoms with Crippen molar-refractivity contribution < 1.29 is 0 Å². The molecule has 0 bridgehead atoms. The fourth-order valence-electron chi connectivity index (χ4n) is 1.88. The van der Waals surface area contributed by atoms with Gasteiger partial charge < -0.3 is 10.2 Å². The van der Waals surface area contributed by atoms with Crippen LogP contribution in [-0.2, 0) is 0 Å². The molecule has 0 amide bonds. The first-order chi connectivity index (χ1) is 6.79. The fourth-order valence-corrected chi connectivity index (χ4v) is 2.13. The Bertz CT molecular complexity index is 314. The van der Waals surface area contributed by atoms with Crippen molar-refractivity contribution in [2.75, 3.05) is 24.5 Å². The zero-order valence-electron chi connectivity index (χ0n) is 8.33. The van der Waals surface area contributed by atoms with Gasteiger partial charge in [0.25, 0.3) is 0 Å². The number of hydrogen-bond acceptors (Lipinski definition) is 2. The molecule has 0 spiro atoms. The lowest BCUT2D eigenvalue weighted by molar-refractivity contribution is 0.501. The van der Waals surface area contributed by atoms with Gasteiger partial charge in [-0.05, 0) is 19.1 Å². The molecule has 0 saturated carbocycles. The average molecular weight is 211 g/mol. The summed E-state index contributed by atoms with van der Waals surface area (Å²) in [5.74, 6) is 0. The van der Waals surface area contributed by atoms with E-state index < -0.39 is 0 Å². The third-order valence-electron chi connectivity index (χ3n) is 2.66. The van der Waals surface area contributed by atoms with E-state index in [-0.39, 0.29) is 0 Å². The van der Waals surface area contributed by atoms with Gasteiger partial charge in [0.2, 0.25) is 0 Å². The highest BCUT2D eigenvalue weighted by atomic mass is 35.5. The molecule has 3 heteroatoms. The summed E-state index contributed by atoms with van der Waals surface area (Å²) in [6.07, 6.45) is 0. The van der Waals surface area contributed by atoms with Gasteiger partial charge in [0.15, 0.2) is 0 Å². The summed E-state index contributed by atoms with van der Waals surface area (Å²) in [4.78, 5) is 2.36. The first-order valence-corrected chi connectivity index (χ1v) is 5.39. The number of halogens is 1. The van der Waals surface area contributed by atoms with Crippen molar-refractivity contribution in [3.05, 3.63) is 29.3 Å². The summed E-state index contributed by atoms with van der Waals surface area (Å²) in [6.45, 7) is 5.32. The van der Waals surface area contributed by atoms with Gasteiger partial charge in [0.05, 0.1) is 10.7 Å². The maximum absolute atomic E-state index is 6.16. The normalized spacial score (nSPS) is 22.4. The molecule has 2 rings (SSSR count). The molecule has 1 saturated heterocycles. The van der Waals surface area contributed by atoms with Crippen molar-refractivity contribution in [1.82, 2.24) is 5.32 Å². The first-order valence-electron chi connectivity index (χ1n) is 5.01. The Morgan fingerprint density at radius 1 is 1.43 bits per heavy atom. The van der Waals surface area contributed by atoms with Crippen molar-refractivity contribution in [3.63, 3.8) is 0 Å². The van der Waals surface area contributed by atoms with Gasteiger partial charge in [-0.15, -0.1) is 0 Å². The molecule has 0 unspecified atom stereocenters. The minimum absolute atomic E-state index is 0.517. The average Bonchev–Trinajstić information content (AvgIpc) is 2.20. The van der Waals surface area contributed by atoms with Crippen molar-refractivity contribution in [1.29, 1.82) is 0 Å². The highest BCUT2D eigenvalue weighted by Gasteiger charge is 2.19. The number of nitrogens with zero attached hydrogens (tertiary/aromatic N) is 1. The predicted molar refractivity (Wildman–Crippen MR) is 61.1 cm³/mol. The molecule has 14 heavy (non-hydrogen) atoms. The van der Waals surface area contributed by atoms with Gasteiger partial charge in [-0.2, -0.15) is 0 Å². The molecule has 1 N–H and O–H groups in total. The molecule has 1 aliphatic heterocycles. The van der Waals surface area contributed by atoms with E-state index in [1.54, 1.807) is 0 Å². The van der Waals surface area contributed by atoms with E-state index in [4.69, 9.17) is 11.6 Å². The fraction of sp³-hybridized carbons (Fsp3) is 0.455. The first kappa shape index (κ1) is 9.81. The maximum Gasteiger partial charge on any atom is 0.0639 e. The molecule has 1 heterocycles. The number of hydrogen-bond donors (Lipinski definition) is 1. The van der Waals surface area contributed by atoms with Crippen LogP contribution in [0.1, 0.15) is 6.92 Å². The van der Waals surface area contributed by atoms with E-state index in [0.29, 0.717) is 6.04 Å². The Balaban J connectivity index is 2.25. The molecular weight excluding hydrogens is 196 g/mol. The third-order valence-corrected chi connectivity index (χ3v) is 2.98. The molecule has 1 atom stereocenters. The Morgan fingerprint density at radius 3 is 2.93 bits per heavy atom. The van der Waals surface area contributed by atoms with Crippen LogP contribution < -0.4 is 10.2 Å². The molecule has 1 aliphatic rings.